The second-order valence-electron chi connectivity index (χ2n) is 1.22. The molecule has 1 aliphatic heterocycles. The second-order valence-corrected chi connectivity index (χ2v) is 2.45. The smallest absolute Gasteiger partial charge is 0.0557 e. The van der Waals surface area contributed by atoms with E-state index >= 15 is 0 Å². The van der Waals surface area contributed by atoms with Crippen molar-refractivity contribution < 1.29 is 4.74 Å². The van der Waals surface area contributed by atoms with Gasteiger partial charge < -0.3 is 4.74 Å². The minimum absolute atomic E-state index is 0.963. The topological polar surface area (TPSA) is 9.23 Å². The van der Waals surface area contributed by atoms with Gasteiger partial charge in [0.1, 0.15) is 0 Å². The van der Waals surface area contributed by atoms with Gasteiger partial charge in [0.2, 0.25) is 0 Å². The molecule has 2 heteroatoms. The van der Waals surface area contributed by atoms with Gasteiger partial charge in [0.05, 0.1) is 13.2 Å². The maximum Gasteiger partial charge on any atom is 0.0557 e. The van der Waals surface area contributed by atoms with Crippen LogP contribution in [0.1, 0.15) is 0 Å². The van der Waals surface area contributed by atoms with Crippen LogP contribution in [0.25, 0.3) is 0 Å². The Bertz CT molecular complexity index is 23.0. The van der Waals surface area contributed by atoms with Crippen LogP contribution in [0.4, 0.5) is 0 Å². The minimum Gasteiger partial charge on any atom is -0.380 e. The van der Waals surface area contributed by atoms with Crippen LogP contribution in [-0.4, -0.2) is 24.7 Å². The molecule has 1 fully saturated rings. The molecule has 6 heavy (non-hydrogen) atoms. The van der Waals surface area contributed by atoms with E-state index in [1.165, 1.54) is 11.5 Å². The third-order valence-electron chi connectivity index (χ3n) is 0.744. The summed E-state index contributed by atoms with van der Waals surface area (Å²) in [5, 5.41) is 0. The zero-order valence-electron chi connectivity index (χ0n) is 3.64. The maximum atomic E-state index is 5.05. The molecular formula is C4H8OS. The lowest BCUT2D eigenvalue weighted by atomic mass is 10.8. The summed E-state index contributed by atoms with van der Waals surface area (Å²) in [4.78, 5) is 0. The van der Waals surface area contributed by atoms with E-state index in [1.807, 2.05) is 11.8 Å². The Balaban J connectivity index is 2.00. The Hall–Kier alpha value is 0.310. The normalized spacial score (nSPS) is 24.0. The van der Waals surface area contributed by atoms with Gasteiger partial charge in [0.15, 0.2) is 0 Å². The molecule has 1 aliphatic rings. The van der Waals surface area contributed by atoms with Crippen LogP contribution in [0.2, 0.25) is 0 Å². The molecule has 0 aromatic carbocycles. The minimum atomic E-state index is 0.963. The zero-order valence-corrected chi connectivity index (χ0v) is 4.46. The monoisotopic (exact) mass is 104 g/mol. The fourth-order valence-corrected chi connectivity index (χ4v) is 1.12. The lowest BCUT2D eigenvalue weighted by Crippen LogP contribution is -2.08. The van der Waals surface area contributed by atoms with Crippen molar-refractivity contribution in [1.29, 1.82) is 0 Å². The third-order valence-corrected chi connectivity index (χ3v) is 1.65. The largest absolute Gasteiger partial charge is 0.380 e. The lowest BCUT2D eigenvalue weighted by molar-refractivity contribution is 0.161. The van der Waals surface area contributed by atoms with Crippen molar-refractivity contribution in [2.24, 2.45) is 0 Å². The van der Waals surface area contributed by atoms with Gasteiger partial charge in [-0.2, -0.15) is 11.8 Å². The molecular weight excluding hydrogens is 96.1 g/mol. The van der Waals surface area contributed by atoms with Crippen LogP contribution >= 0.6 is 11.8 Å². The molecule has 1 saturated heterocycles. The number of ether oxygens (including phenoxy) is 1. The van der Waals surface area contributed by atoms with Gasteiger partial charge in [-0.15, -0.1) is 0 Å². The average molecular weight is 104 g/mol. The van der Waals surface area contributed by atoms with Gasteiger partial charge in [-0.3, -0.25) is 0 Å². The second kappa shape index (κ2) is 2.48. The van der Waals surface area contributed by atoms with Gasteiger partial charge in [-0.25, -0.2) is 0 Å². The fourth-order valence-electron chi connectivity index (χ4n) is 0.440. The molecule has 0 radical (unpaired) electrons. The zero-order chi connectivity index (χ0) is 4.24. The molecule has 36 valence electrons. The summed E-state index contributed by atoms with van der Waals surface area (Å²) in [6, 6.07) is 0. The van der Waals surface area contributed by atoms with Crippen molar-refractivity contribution in [2.45, 2.75) is 0 Å². The van der Waals surface area contributed by atoms with Gasteiger partial charge in [0, 0.05) is 11.5 Å². The van der Waals surface area contributed by atoms with Gasteiger partial charge >= 0.3 is 0 Å². The standard InChI is InChI=1S/C4H8OS/c1-3-6-4-2-5-1/h1-4H2. The first kappa shape index (κ1) is 4.47. The van der Waals surface area contributed by atoms with Gasteiger partial charge in [0.25, 0.3) is 0 Å². The summed E-state index contributed by atoms with van der Waals surface area (Å²) in [6.45, 7) is 1.93. The van der Waals surface area contributed by atoms with Crippen molar-refractivity contribution >= 4 is 11.8 Å². The highest BCUT2D eigenvalue weighted by Gasteiger charge is 1.95. The quantitative estimate of drug-likeness (QED) is 0.448. The lowest BCUT2D eigenvalue weighted by Gasteiger charge is -2.07. The van der Waals surface area contributed by atoms with Gasteiger partial charge in [-0.05, 0) is 0 Å². The van der Waals surface area contributed by atoms with E-state index in [2.05, 4.69) is 0 Å². The Morgan fingerprint density at radius 1 is 1.17 bits per heavy atom. The molecule has 0 N–H and O–H groups in total. The predicted molar refractivity (Wildman–Crippen MR) is 28.1 cm³/mol. The van der Waals surface area contributed by atoms with Crippen LogP contribution in [0.3, 0.4) is 0 Å². The van der Waals surface area contributed by atoms with Crippen LogP contribution in [0.5, 0.6) is 0 Å². The molecule has 0 spiro atoms. The number of rotatable bonds is 0. The Kier molecular flexibility index (Phi) is 1.85. The Labute approximate surface area is 42.1 Å². The summed E-state index contributed by atoms with van der Waals surface area (Å²) in [5.74, 6) is 2.39. The fraction of sp³-hybridized carbons (Fsp3) is 1.00. The predicted octanol–water partition coefficient (Wildman–Crippen LogP) is 0.750. The summed E-state index contributed by atoms with van der Waals surface area (Å²) in [6.07, 6.45) is 0. The van der Waals surface area contributed by atoms with E-state index in [4.69, 9.17) is 4.74 Å². The van der Waals surface area contributed by atoms with Gasteiger partial charge in [-0.1, -0.05) is 0 Å². The van der Waals surface area contributed by atoms with E-state index in [0.717, 1.165) is 13.2 Å². The van der Waals surface area contributed by atoms with Crippen molar-refractivity contribution in [3.8, 4) is 0 Å². The third kappa shape index (κ3) is 1.19. The molecule has 0 amide bonds. The van der Waals surface area contributed by atoms with Crippen molar-refractivity contribution in [1.82, 2.24) is 0 Å². The molecule has 0 aromatic heterocycles. The van der Waals surface area contributed by atoms with E-state index in [0.29, 0.717) is 0 Å². The van der Waals surface area contributed by atoms with E-state index in [-0.39, 0.29) is 0 Å². The van der Waals surface area contributed by atoms with Crippen molar-refractivity contribution in [3.05, 3.63) is 0 Å². The van der Waals surface area contributed by atoms with Crippen molar-refractivity contribution in [3.63, 3.8) is 0 Å². The number of hydrogen-bond acceptors (Lipinski definition) is 2. The Morgan fingerprint density at radius 3 is 2.00 bits per heavy atom. The maximum absolute atomic E-state index is 5.05. The molecule has 0 atom stereocenters. The summed E-state index contributed by atoms with van der Waals surface area (Å²) in [5.41, 5.74) is 0. The molecule has 1 nitrogen and oxygen atoms in total. The summed E-state index contributed by atoms with van der Waals surface area (Å²) < 4.78 is 5.05. The average Bonchev–Trinajstić information content (AvgIpc) is 1.72. The summed E-state index contributed by atoms with van der Waals surface area (Å²) in [7, 11) is 0. The molecule has 0 unspecified atom stereocenters. The first-order valence-electron chi connectivity index (χ1n) is 2.15. The van der Waals surface area contributed by atoms with E-state index < -0.39 is 0 Å². The van der Waals surface area contributed by atoms with Crippen LogP contribution < -0.4 is 0 Å². The number of hydrogen-bond donors (Lipinski definition) is 0. The molecule has 0 aliphatic carbocycles. The Morgan fingerprint density at radius 2 is 1.83 bits per heavy atom. The molecule has 1 heterocycles. The van der Waals surface area contributed by atoms with Crippen molar-refractivity contribution in [2.75, 3.05) is 24.7 Å². The van der Waals surface area contributed by atoms with Crippen LogP contribution in [-0.2, 0) is 4.74 Å². The highest BCUT2D eigenvalue weighted by molar-refractivity contribution is 7.99. The van der Waals surface area contributed by atoms with Crippen LogP contribution in [0.15, 0.2) is 0 Å². The SMILES string of the molecule is C1CSCCO1. The first-order valence-corrected chi connectivity index (χ1v) is 3.31. The summed E-state index contributed by atoms with van der Waals surface area (Å²) >= 11 is 1.97. The highest BCUT2D eigenvalue weighted by Crippen LogP contribution is 2.03. The molecule has 0 aromatic rings. The first-order chi connectivity index (χ1) is 3.00. The molecule has 0 bridgehead atoms. The van der Waals surface area contributed by atoms with E-state index in [9.17, 15) is 0 Å². The highest BCUT2D eigenvalue weighted by atomic mass is 32.2. The van der Waals surface area contributed by atoms with E-state index in [1.54, 1.807) is 0 Å². The number of thioether (sulfide) groups is 1. The molecule has 0 saturated carbocycles. The molecule has 1 rings (SSSR count). The van der Waals surface area contributed by atoms with Crippen LogP contribution in [0, 0.1) is 0 Å².